The van der Waals surface area contributed by atoms with Gasteiger partial charge in [-0.15, -0.1) is 12.4 Å². The van der Waals surface area contributed by atoms with Crippen LogP contribution in [0.3, 0.4) is 0 Å². The SMILES string of the molecule is CN(C(=O)C1CCCN(C(=O)NC2CCCC2)C1)C1CCNCC1.Cl. The zero-order chi connectivity index (χ0) is 16.9. The summed E-state index contributed by atoms with van der Waals surface area (Å²) in [4.78, 5) is 29.1. The lowest BCUT2D eigenvalue weighted by Gasteiger charge is -2.38. The highest BCUT2D eigenvalue weighted by Crippen LogP contribution is 2.22. The van der Waals surface area contributed by atoms with Crippen LogP contribution in [0.2, 0.25) is 0 Å². The Balaban J connectivity index is 0.00000225. The lowest BCUT2D eigenvalue weighted by Crippen LogP contribution is -2.52. The van der Waals surface area contributed by atoms with E-state index in [1.807, 2.05) is 16.8 Å². The molecule has 0 aromatic rings. The number of amides is 3. The number of piperidine rings is 2. The minimum absolute atomic E-state index is 0. The second-order valence-electron chi connectivity index (χ2n) is 7.65. The van der Waals surface area contributed by atoms with Crippen LogP contribution in [-0.2, 0) is 4.79 Å². The molecule has 3 aliphatic rings. The first-order valence-electron chi connectivity index (χ1n) is 9.68. The second kappa shape index (κ2) is 9.62. The van der Waals surface area contributed by atoms with Crippen LogP contribution in [0.1, 0.15) is 51.4 Å². The fourth-order valence-electron chi connectivity index (χ4n) is 4.36. The average molecular weight is 373 g/mol. The van der Waals surface area contributed by atoms with Crippen molar-refractivity contribution in [3.8, 4) is 0 Å². The predicted octanol–water partition coefficient (Wildman–Crippen LogP) is 1.98. The molecule has 0 spiro atoms. The normalized spacial score (nSPS) is 25.3. The summed E-state index contributed by atoms with van der Waals surface area (Å²) in [5.74, 6) is 0.188. The maximum atomic E-state index is 12.9. The van der Waals surface area contributed by atoms with Crippen LogP contribution in [-0.4, -0.2) is 67.0 Å². The third-order valence-corrected chi connectivity index (χ3v) is 5.94. The summed E-state index contributed by atoms with van der Waals surface area (Å²) in [7, 11) is 1.94. The average Bonchev–Trinajstić information content (AvgIpc) is 3.14. The maximum Gasteiger partial charge on any atom is 0.317 e. The molecule has 1 atom stereocenters. The van der Waals surface area contributed by atoms with Crippen molar-refractivity contribution in [2.45, 2.75) is 63.5 Å². The van der Waals surface area contributed by atoms with E-state index in [2.05, 4.69) is 10.6 Å². The zero-order valence-corrected chi connectivity index (χ0v) is 16.2. The molecule has 6 nitrogen and oxygen atoms in total. The lowest BCUT2D eigenvalue weighted by molar-refractivity contribution is -0.138. The molecule has 1 saturated carbocycles. The van der Waals surface area contributed by atoms with Gasteiger partial charge in [-0.25, -0.2) is 4.79 Å². The number of urea groups is 1. The van der Waals surface area contributed by atoms with E-state index in [1.54, 1.807) is 0 Å². The molecule has 144 valence electrons. The Morgan fingerprint density at radius 3 is 2.40 bits per heavy atom. The molecule has 3 amide bonds. The smallest absolute Gasteiger partial charge is 0.317 e. The van der Waals surface area contributed by atoms with Gasteiger partial charge in [0.25, 0.3) is 0 Å². The summed E-state index contributed by atoms with van der Waals surface area (Å²) in [6.07, 6.45) is 8.51. The highest BCUT2D eigenvalue weighted by molar-refractivity contribution is 5.85. The van der Waals surface area contributed by atoms with Crippen LogP contribution >= 0.6 is 12.4 Å². The Hall–Kier alpha value is -1.01. The van der Waals surface area contributed by atoms with Crippen molar-refractivity contribution in [2.24, 2.45) is 5.92 Å². The molecule has 0 aromatic carbocycles. The molecule has 0 radical (unpaired) electrons. The Morgan fingerprint density at radius 2 is 1.72 bits per heavy atom. The number of hydrogen-bond acceptors (Lipinski definition) is 3. The summed E-state index contributed by atoms with van der Waals surface area (Å²) >= 11 is 0. The van der Waals surface area contributed by atoms with E-state index in [0.29, 0.717) is 18.6 Å². The van der Waals surface area contributed by atoms with Gasteiger partial charge in [-0.05, 0) is 51.6 Å². The largest absolute Gasteiger partial charge is 0.342 e. The first-order chi connectivity index (χ1) is 11.6. The number of carbonyl (C=O) groups is 2. The van der Waals surface area contributed by atoms with Gasteiger partial charge in [-0.3, -0.25) is 4.79 Å². The molecule has 2 heterocycles. The molecule has 7 heteroatoms. The van der Waals surface area contributed by atoms with Crippen molar-refractivity contribution in [3.05, 3.63) is 0 Å². The number of carbonyl (C=O) groups excluding carboxylic acids is 2. The number of halogens is 1. The van der Waals surface area contributed by atoms with E-state index >= 15 is 0 Å². The Labute approximate surface area is 157 Å². The van der Waals surface area contributed by atoms with Gasteiger partial charge in [0, 0.05) is 32.2 Å². The van der Waals surface area contributed by atoms with Crippen LogP contribution in [0.4, 0.5) is 4.79 Å². The van der Waals surface area contributed by atoms with Crippen molar-refractivity contribution in [1.82, 2.24) is 20.4 Å². The standard InChI is InChI=1S/C18H32N4O2.ClH/c1-21(16-8-10-19-11-9-16)17(23)14-5-4-12-22(13-14)18(24)20-15-6-2-3-7-15;/h14-16,19H,2-13H2,1H3,(H,20,24);1H. The van der Waals surface area contributed by atoms with E-state index in [-0.39, 0.29) is 30.3 Å². The van der Waals surface area contributed by atoms with Gasteiger partial charge in [0.05, 0.1) is 5.92 Å². The van der Waals surface area contributed by atoms with Gasteiger partial charge in [-0.2, -0.15) is 0 Å². The number of hydrogen-bond donors (Lipinski definition) is 2. The molecule has 0 aromatic heterocycles. The van der Waals surface area contributed by atoms with Gasteiger partial charge in [0.15, 0.2) is 0 Å². The topological polar surface area (TPSA) is 64.7 Å². The molecule has 2 saturated heterocycles. The van der Waals surface area contributed by atoms with Crippen molar-refractivity contribution in [1.29, 1.82) is 0 Å². The summed E-state index contributed by atoms with van der Waals surface area (Å²) in [6.45, 7) is 3.33. The molecule has 2 aliphatic heterocycles. The summed E-state index contributed by atoms with van der Waals surface area (Å²) in [5, 5.41) is 6.50. The van der Waals surface area contributed by atoms with Gasteiger partial charge in [0.1, 0.15) is 0 Å². The molecule has 1 aliphatic carbocycles. The second-order valence-corrected chi connectivity index (χ2v) is 7.65. The van der Waals surface area contributed by atoms with Crippen LogP contribution in [0, 0.1) is 5.92 Å². The van der Waals surface area contributed by atoms with Crippen LogP contribution in [0.25, 0.3) is 0 Å². The van der Waals surface area contributed by atoms with E-state index in [0.717, 1.165) is 58.2 Å². The molecule has 3 fully saturated rings. The van der Waals surface area contributed by atoms with Gasteiger partial charge >= 0.3 is 6.03 Å². The number of rotatable bonds is 3. The van der Waals surface area contributed by atoms with E-state index in [9.17, 15) is 9.59 Å². The molecule has 0 bridgehead atoms. The Kier molecular flexibility index (Phi) is 7.81. The molecule has 3 rings (SSSR count). The van der Waals surface area contributed by atoms with Crippen LogP contribution in [0.5, 0.6) is 0 Å². The van der Waals surface area contributed by atoms with Gasteiger partial charge in [0.2, 0.25) is 5.91 Å². The van der Waals surface area contributed by atoms with Crippen molar-refractivity contribution < 1.29 is 9.59 Å². The zero-order valence-electron chi connectivity index (χ0n) is 15.3. The first kappa shape index (κ1) is 20.3. The number of nitrogens with one attached hydrogen (secondary N) is 2. The molecular formula is C18H33ClN4O2. The molecule has 2 N–H and O–H groups in total. The molecule has 1 unspecified atom stereocenters. The van der Waals surface area contributed by atoms with Crippen LogP contribution < -0.4 is 10.6 Å². The third kappa shape index (κ3) is 5.23. The highest BCUT2D eigenvalue weighted by atomic mass is 35.5. The summed E-state index contributed by atoms with van der Waals surface area (Å²) in [6, 6.07) is 0.719. The summed E-state index contributed by atoms with van der Waals surface area (Å²) in [5.41, 5.74) is 0. The summed E-state index contributed by atoms with van der Waals surface area (Å²) < 4.78 is 0. The highest BCUT2D eigenvalue weighted by Gasteiger charge is 2.33. The van der Waals surface area contributed by atoms with Crippen molar-refractivity contribution >= 4 is 24.3 Å². The molecule has 25 heavy (non-hydrogen) atoms. The quantitative estimate of drug-likeness (QED) is 0.796. The Bertz CT molecular complexity index is 450. The van der Waals surface area contributed by atoms with E-state index in [1.165, 1.54) is 12.8 Å². The molecular weight excluding hydrogens is 340 g/mol. The minimum atomic E-state index is -0.0343. The van der Waals surface area contributed by atoms with Crippen molar-refractivity contribution in [3.63, 3.8) is 0 Å². The maximum absolute atomic E-state index is 12.9. The Morgan fingerprint density at radius 1 is 1.04 bits per heavy atom. The first-order valence-corrected chi connectivity index (χ1v) is 9.68. The number of likely N-dealkylation sites (tertiary alicyclic amines) is 1. The third-order valence-electron chi connectivity index (χ3n) is 5.94. The van der Waals surface area contributed by atoms with Crippen molar-refractivity contribution in [2.75, 3.05) is 33.2 Å². The minimum Gasteiger partial charge on any atom is -0.342 e. The predicted molar refractivity (Wildman–Crippen MR) is 101 cm³/mol. The monoisotopic (exact) mass is 372 g/mol. The lowest BCUT2D eigenvalue weighted by atomic mass is 9.95. The van der Waals surface area contributed by atoms with E-state index < -0.39 is 0 Å². The van der Waals surface area contributed by atoms with Gasteiger partial charge in [-0.1, -0.05) is 12.8 Å². The fourth-order valence-corrected chi connectivity index (χ4v) is 4.36. The fraction of sp³-hybridized carbons (Fsp3) is 0.889. The van der Waals surface area contributed by atoms with Crippen LogP contribution in [0.15, 0.2) is 0 Å². The van der Waals surface area contributed by atoms with E-state index in [4.69, 9.17) is 0 Å². The van der Waals surface area contributed by atoms with Gasteiger partial charge < -0.3 is 20.4 Å². The number of nitrogens with zero attached hydrogens (tertiary/aromatic N) is 2.